The van der Waals surface area contributed by atoms with E-state index in [4.69, 9.17) is 0 Å². The summed E-state index contributed by atoms with van der Waals surface area (Å²) in [6.07, 6.45) is 2.37. The minimum absolute atomic E-state index is 0.0207. The van der Waals surface area contributed by atoms with Gasteiger partial charge in [-0.25, -0.2) is 8.42 Å². The maximum absolute atomic E-state index is 12.3. The predicted molar refractivity (Wildman–Crippen MR) is 132 cm³/mol. The Morgan fingerprint density at radius 3 is 1.75 bits per heavy atom. The van der Waals surface area contributed by atoms with Crippen LogP contribution in [0, 0.1) is 0 Å². The monoisotopic (exact) mass is 484 g/mol. The lowest BCUT2D eigenvalue weighted by atomic mass is 9.71. The molecule has 0 aliphatic carbocycles. The molecule has 8 heteroatoms. The van der Waals surface area contributed by atoms with Crippen LogP contribution in [-0.2, 0) is 22.3 Å². The fourth-order valence-electron chi connectivity index (χ4n) is 6.78. The summed E-state index contributed by atoms with van der Waals surface area (Å²) >= 11 is -3.96. The number of nitrogens with one attached hydrogen (secondary N) is 1. The molecule has 2 fully saturated rings. The van der Waals surface area contributed by atoms with Crippen LogP contribution >= 0.6 is 0 Å². The molecule has 0 aromatic heterocycles. The van der Waals surface area contributed by atoms with Crippen molar-refractivity contribution in [2.75, 3.05) is 0 Å². The van der Waals surface area contributed by atoms with Crippen LogP contribution in [0.4, 0.5) is 0 Å². The molecule has 32 heavy (non-hydrogen) atoms. The minimum Gasteiger partial charge on any atom is -0.306 e. The standard InChI is InChI=1S/C24H40N2O4S2/c1-21(2)15-19(20(31(27)28)24(7,8)25-21)17-11-9-16(10-12-17)18-13-22(3,4)26(32(29)30)23(5,6)14-18/h9-12,18-20,25H,13-15H2,1-8H3,(H,27,28)(H,29,30). The molecule has 0 radical (unpaired) electrons. The Morgan fingerprint density at radius 1 is 0.844 bits per heavy atom. The lowest BCUT2D eigenvalue weighted by molar-refractivity contribution is 0.0412. The summed E-state index contributed by atoms with van der Waals surface area (Å²) in [5.41, 5.74) is 0.887. The molecular formula is C24H40N2O4S2. The summed E-state index contributed by atoms with van der Waals surface area (Å²) in [5, 5.41) is 3.15. The predicted octanol–water partition coefficient (Wildman–Crippen LogP) is 4.78. The first-order valence-corrected chi connectivity index (χ1v) is 13.6. The SMILES string of the molecule is CC1(C)CC(c2ccc(C3CC(C)(C)N(S(=O)O)C(C)(C)C3)cc2)C(S(=O)O)C(C)(C)N1. The van der Waals surface area contributed by atoms with Crippen LogP contribution in [-0.4, -0.2) is 49.2 Å². The van der Waals surface area contributed by atoms with Gasteiger partial charge in [0.1, 0.15) is 0 Å². The van der Waals surface area contributed by atoms with Gasteiger partial charge in [0.15, 0.2) is 11.1 Å². The van der Waals surface area contributed by atoms with E-state index in [9.17, 15) is 17.5 Å². The average Bonchev–Trinajstić information content (AvgIpc) is 2.56. The van der Waals surface area contributed by atoms with E-state index < -0.39 is 44.2 Å². The maximum atomic E-state index is 12.3. The highest BCUT2D eigenvalue weighted by Gasteiger charge is 2.50. The van der Waals surface area contributed by atoms with E-state index in [1.54, 1.807) is 4.31 Å². The second kappa shape index (κ2) is 8.54. The minimum atomic E-state index is -2.02. The van der Waals surface area contributed by atoms with Crippen molar-refractivity contribution in [3.63, 3.8) is 0 Å². The molecule has 0 amide bonds. The second-order valence-corrected chi connectivity index (χ2v) is 14.0. The molecule has 3 rings (SSSR count). The van der Waals surface area contributed by atoms with E-state index in [-0.39, 0.29) is 17.4 Å². The molecule has 1 aromatic carbocycles. The summed E-state index contributed by atoms with van der Waals surface area (Å²) in [7, 11) is 0. The van der Waals surface area contributed by atoms with Crippen LogP contribution in [0.25, 0.3) is 0 Å². The molecule has 0 spiro atoms. The molecule has 2 aliphatic rings. The number of rotatable bonds is 4. The van der Waals surface area contributed by atoms with Gasteiger partial charge in [-0.05, 0) is 91.7 Å². The van der Waals surface area contributed by atoms with E-state index in [1.165, 1.54) is 5.56 Å². The number of hydrogen-bond donors (Lipinski definition) is 3. The molecule has 6 nitrogen and oxygen atoms in total. The van der Waals surface area contributed by atoms with E-state index >= 15 is 0 Å². The molecule has 2 saturated heterocycles. The number of hydrogen-bond acceptors (Lipinski definition) is 3. The van der Waals surface area contributed by atoms with Crippen LogP contribution in [0.1, 0.15) is 97.6 Å². The first-order chi connectivity index (χ1) is 14.5. The highest BCUT2D eigenvalue weighted by molar-refractivity contribution is 7.80. The van der Waals surface area contributed by atoms with Crippen molar-refractivity contribution in [1.29, 1.82) is 0 Å². The van der Waals surface area contributed by atoms with Crippen molar-refractivity contribution in [3.8, 4) is 0 Å². The van der Waals surface area contributed by atoms with Crippen molar-refractivity contribution in [2.45, 2.75) is 114 Å². The van der Waals surface area contributed by atoms with Crippen molar-refractivity contribution >= 4 is 22.3 Å². The molecule has 4 unspecified atom stereocenters. The maximum Gasteiger partial charge on any atom is 0.235 e. The van der Waals surface area contributed by atoms with Crippen molar-refractivity contribution in [1.82, 2.24) is 9.62 Å². The summed E-state index contributed by atoms with van der Waals surface area (Å²) in [6, 6.07) is 8.54. The van der Waals surface area contributed by atoms with Crippen LogP contribution in [0.15, 0.2) is 24.3 Å². The summed E-state index contributed by atoms with van der Waals surface area (Å²) in [5.74, 6) is 0.255. The molecular weight excluding hydrogens is 444 g/mol. The van der Waals surface area contributed by atoms with Crippen molar-refractivity contribution < 1.29 is 17.5 Å². The highest BCUT2D eigenvalue weighted by Crippen LogP contribution is 2.47. The Balaban J connectivity index is 1.91. The summed E-state index contributed by atoms with van der Waals surface area (Å²) in [4.78, 5) is 0. The first-order valence-electron chi connectivity index (χ1n) is 11.4. The number of piperidine rings is 2. The quantitative estimate of drug-likeness (QED) is 0.535. The molecule has 2 heterocycles. The van der Waals surface area contributed by atoms with E-state index in [0.29, 0.717) is 0 Å². The topological polar surface area (TPSA) is 89.9 Å². The Morgan fingerprint density at radius 2 is 1.31 bits per heavy atom. The smallest absolute Gasteiger partial charge is 0.235 e. The van der Waals surface area contributed by atoms with Gasteiger partial charge in [-0.3, -0.25) is 4.55 Å². The normalized spacial score (nSPS) is 31.7. The Bertz CT molecular complexity index is 878. The summed E-state index contributed by atoms with van der Waals surface area (Å²) in [6.45, 7) is 16.4. The molecule has 182 valence electrons. The number of benzene rings is 1. The number of nitrogens with zero attached hydrogens (tertiary/aromatic N) is 1. The fraction of sp³-hybridized carbons (Fsp3) is 0.750. The van der Waals surface area contributed by atoms with Crippen LogP contribution in [0.3, 0.4) is 0 Å². The molecule has 0 saturated carbocycles. The van der Waals surface area contributed by atoms with Gasteiger partial charge in [0.05, 0.1) is 5.25 Å². The summed E-state index contributed by atoms with van der Waals surface area (Å²) < 4.78 is 46.1. The van der Waals surface area contributed by atoms with Gasteiger partial charge in [0, 0.05) is 28.1 Å². The zero-order chi connectivity index (χ0) is 24.3. The lowest BCUT2D eigenvalue weighted by Crippen LogP contribution is -2.65. The van der Waals surface area contributed by atoms with Crippen molar-refractivity contribution in [2.24, 2.45) is 0 Å². The van der Waals surface area contributed by atoms with E-state index in [2.05, 4.69) is 43.4 Å². The van der Waals surface area contributed by atoms with Gasteiger partial charge in [-0.1, -0.05) is 24.3 Å². The Labute approximate surface area is 198 Å². The third kappa shape index (κ3) is 5.05. The van der Waals surface area contributed by atoms with E-state index in [0.717, 1.165) is 24.8 Å². The lowest BCUT2D eigenvalue weighted by Gasteiger charge is -2.53. The van der Waals surface area contributed by atoms with Gasteiger partial charge >= 0.3 is 0 Å². The van der Waals surface area contributed by atoms with Crippen LogP contribution < -0.4 is 5.32 Å². The second-order valence-electron chi connectivity index (χ2n) is 12.2. The molecule has 3 N–H and O–H groups in total. The molecule has 4 atom stereocenters. The van der Waals surface area contributed by atoms with Gasteiger partial charge in [0.25, 0.3) is 0 Å². The zero-order valence-corrected chi connectivity index (χ0v) is 22.3. The fourth-order valence-corrected chi connectivity index (χ4v) is 8.87. The third-order valence-corrected chi connectivity index (χ3v) is 9.92. The van der Waals surface area contributed by atoms with Gasteiger partial charge < -0.3 is 9.87 Å². The van der Waals surface area contributed by atoms with Gasteiger partial charge in [0.2, 0.25) is 11.3 Å². The molecule has 1 aromatic rings. The van der Waals surface area contributed by atoms with E-state index in [1.807, 2.05) is 41.5 Å². The largest absolute Gasteiger partial charge is 0.306 e. The molecule has 2 aliphatic heterocycles. The highest BCUT2D eigenvalue weighted by atomic mass is 32.2. The van der Waals surface area contributed by atoms with Gasteiger partial charge in [-0.2, -0.15) is 4.31 Å². The third-order valence-electron chi connectivity index (χ3n) is 7.27. The Kier molecular flexibility index (Phi) is 6.93. The zero-order valence-electron chi connectivity index (χ0n) is 20.6. The van der Waals surface area contributed by atoms with Crippen LogP contribution in [0.2, 0.25) is 0 Å². The first kappa shape index (κ1) is 26.0. The molecule has 0 bridgehead atoms. The average molecular weight is 485 g/mol. The van der Waals surface area contributed by atoms with Crippen LogP contribution in [0.5, 0.6) is 0 Å². The Hall–Kier alpha value is -0.640. The van der Waals surface area contributed by atoms with Crippen molar-refractivity contribution in [3.05, 3.63) is 35.4 Å². The van der Waals surface area contributed by atoms with Gasteiger partial charge in [-0.15, -0.1) is 0 Å².